The molecule has 0 atom stereocenters. The zero-order valence-electron chi connectivity index (χ0n) is 9.13. The van der Waals surface area contributed by atoms with Crippen molar-refractivity contribution in [1.82, 2.24) is 0 Å². The van der Waals surface area contributed by atoms with Crippen molar-refractivity contribution < 1.29 is 13.9 Å². The number of hydrogen-bond donors (Lipinski definition) is 0. The molecular formula is C12H14ClFO2. The molecule has 1 rings (SSSR count). The number of carbonyl (C=O) groups is 1. The Hall–Kier alpha value is -1.09. The second-order valence-corrected chi connectivity index (χ2v) is 3.66. The Kier molecular flexibility index (Phi) is 5.26. The predicted molar refractivity (Wildman–Crippen MR) is 61.4 cm³/mol. The van der Waals surface area contributed by atoms with E-state index in [0.29, 0.717) is 24.3 Å². The quantitative estimate of drug-likeness (QED) is 0.587. The first-order valence-corrected chi connectivity index (χ1v) is 5.74. The van der Waals surface area contributed by atoms with E-state index in [4.69, 9.17) is 16.3 Å². The third-order valence-electron chi connectivity index (χ3n) is 2.16. The minimum absolute atomic E-state index is 0.0365. The first-order valence-electron chi connectivity index (χ1n) is 5.21. The maximum absolute atomic E-state index is 13.5. The second-order valence-electron chi connectivity index (χ2n) is 3.29. The van der Waals surface area contributed by atoms with E-state index in [1.54, 1.807) is 19.1 Å². The molecule has 0 aliphatic carbocycles. The lowest BCUT2D eigenvalue weighted by Gasteiger charge is -2.08. The Labute approximate surface area is 99.4 Å². The summed E-state index contributed by atoms with van der Waals surface area (Å²) in [6.07, 6.45) is 1.28. The minimum Gasteiger partial charge on any atom is -0.462 e. The van der Waals surface area contributed by atoms with Gasteiger partial charge in [-0.25, -0.2) is 9.18 Å². The van der Waals surface area contributed by atoms with Gasteiger partial charge in [-0.1, -0.05) is 12.1 Å². The molecule has 88 valence electrons. The highest BCUT2D eigenvalue weighted by molar-refractivity contribution is 6.17. The maximum atomic E-state index is 13.5. The van der Waals surface area contributed by atoms with Crippen LogP contribution in [0, 0.1) is 5.82 Å². The molecule has 4 heteroatoms. The summed E-state index contributed by atoms with van der Waals surface area (Å²) in [6.45, 7) is 1.93. The molecule has 0 aliphatic rings. The first-order chi connectivity index (χ1) is 7.70. The molecule has 0 bridgehead atoms. The van der Waals surface area contributed by atoms with Gasteiger partial charge in [-0.2, -0.15) is 0 Å². The lowest BCUT2D eigenvalue weighted by Crippen LogP contribution is -2.11. The average Bonchev–Trinajstić information content (AvgIpc) is 2.26. The fourth-order valence-corrected chi connectivity index (χ4v) is 1.60. The molecule has 16 heavy (non-hydrogen) atoms. The average molecular weight is 245 g/mol. The zero-order chi connectivity index (χ0) is 12.0. The van der Waals surface area contributed by atoms with Crippen molar-refractivity contribution in [3.05, 3.63) is 35.1 Å². The highest BCUT2D eigenvalue weighted by Crippen LogP contribution is 2.17. The van der Waals surface area contributed by atoms with Crippen LogP contribution in [0.1, 0.15) is 29.3 Å². The number of hydrogen-bond acceptors (Lipinski definition) is 2. The monoisotopic (exact) mass is 244 g/mol. The lowest BCUT2D eigenvalue weighted by atomic mass is 10.0. The van der Waals surface area contributed by atoms with Gasteiger partial charge >= 0.3 is 5.97 Å². The molecule has 1 aromatic carbocycles. The summed E-state index contributed by atoms with van der Waals surface area (Å²) in [5.74, 6) is -0.658. The van der Waals surface area contributed by atoms with Crippen LogP contribution in [0.2, 0.25) is 0 Å². The van der Waals surface area contributed by atoms with Gasteiger partial charge in [0.25, 0.3) is 0 Å². The van der Waals surface area contributed by atoms with Gasteiger partial charge in [0.05, 0.1) is 12.2 Å². The molecule has 0 amide bonds. The predicted octanol–water partition coefficient (Wildman–Crippen LogP) is 3.17. The third-order valence-corrected chi connectivity index (χ3v) is 2.43. The second kappa shape index (κ2) is 6.48. The van der Waals surface area contributed by atoms with Crippen LogP contribution in [0.5, 0.6) is 0 Å². The summed E-state index contributed by atoms with van der Waals surface area (Å²) in [6, 6.07) is 4.57. The zero-order valence-corrected chi connectivity index (χ0v) is 9.89. The summed E-state index contributed by atoms with van der Waals surface area (Å²) in [4.78, 5) is 11.6. The standard InChI is InChI=1S/C12H14ClFO2/c1-2-16-12(15)11-9(6-4-8-13)5-3-7-10(11)14/h3,5,7H,2,4,6,8H2,1H3. The van der Waals surface area contributed by atoms with Crippen molar-refractivity contribution in [3.8, 4) is 0 Å². The van der Waals surface area contributed by atoms with Crippen LogP contribution in [-0.2, 0) is 11.2 Å². The van der Waals surface area contributed by atoms with Gasteiger partial charge in [0, 0.05) is 5.88 Å². The van der Waals surface area contributed by atoms with Gasteiger partial charge in [-0.3, -0.25) is 0 Å². The Balaban J connectivity index is 2.98. The third kappa shape index (κ3) is 3.20. The molecule has 0 saturated heterocycles. The molecule has 0 spiro atoms. The fourth-order valence-electron chi connectivity index (χ4n) is 1.47. The number of esters is 1. The minimum atomic E-state index is -0.606. The fraction of sp³-hybridized carbons (Fsp3) is 0.417. The van der Waals surface area contributed by atoms with Crippen molar-refractivity contribution in [2.75, 3.05) is 12.5 Å². The van der Waals surface area contributed by atoms with E-state index in [1.165, 1.54) is 6.07 Å². The van der Waals surface area contributed by atoms with Crippen LogP contribution in [-0.4, -0.2) is 18.5 Å². The Morgan fingerprint density at radius 1 is 1.50 bits per heavy atom. The van der Waals surface area contributed by atoms with E-state index in [1.807, 2.05) is 0 Å². The number of halogens is 2. The SMILES string of the molecule is CCOC(=O)c1c(F)cccc1CCCCl. The molecule has 0 fully saturated rings. The number of benzene rings is 1. The molecule has 1 aromatic rings. The summed E-state index contributed by atoms with van der Waals surface area (Å²) in [5.41, 5.74) is 0.688. The Morgan fingerprint density at radius 3 is 2.88 bits per heavy atom. The van der Waals surface area contributed by atoms with E-state index in [-0.39, 0.29) is 12.2 Å². The molecule has 0 aromatic heterocycles. The van der Waals surface area contributed by atoms with E-state index in [0.717, 1.165) is 0 Å². The number of carbonyl (C=O) groups excluding carboxylic acids is 1. The summed E-state index contributed by atoms with van der Waals surface area (Å²) < 4.78 is 18.3. The van der Waals surface area contributed by atoms with Crippen LogP contribution in [0.25, 0.3) is 0 Å². The van der Waals surface area contributed by atoms with Gasteiger partial charge in [0.2, 0.25) is 0 Å². The van der Waals surface area contributed by atoms with E-state index < -0.39 is 11.8 Å². The van der Waals surface area contributed by atoms with Crippen molar-refractivity contribution in [2.45, 2.75) is 19.8 Å². The molecule has 0 radical (unpaired) electrons. The first kappa shape index (κ1) is 13.0. The summed E-state index contributed by atoms with van der Waals surface area (Å²) in [7, 11) is 0. The highest BCUT2D eigenvalue weighted by atomic mass is 35.5. The van der Waals surface area contributed by atoms with E-state index in [2.05, 4.69) is 0 Å². The molecule has 0 N–H and O–H groups in total. The molecular weight excluding hydrogens is 231 g/mol. The number of rotatable bonds is 5. The summed E-state index contributed by atoms with van der Waals surface area (Å²) >= 11 is 5.57. The van der Waals surface area contributed by atoms with Gasteiger partial charge in [0.1, 0.15) is 5.82 Å². The van der Waals surface area contributed by atoms with Crippen molar-refractivity contribution in [1.29, 1.82) is 0 Å². The molecule has 2 nitrogen and oxygen atoms in total. The van der Waals surface area contributed by atoms with E-state index >= 15 is 0 Å². The summed E-state index contributed by atoms with van der Waals surface area (Å²) in [5, 5.41) is 0. The largest absolute Gasteiger partial charge is 0.462 e. The van der Waals surface area contributed by atoms with Gasteiger partial charge < -0.3 is 4.74 Å². The maximum Gasteiger partial charge on any atom is 0.341 e. The number of ether oxygens (including phenoxy) is 1. The van der Waals surface area contributed by atoms with Crippen LogP contribution in [0.3, 0.4) is 0 Å². The number of aryl methyl sites for hydroxylation is 1. The van der Waals surface area contributed by atoms with Gasteiger partial charge in [-0.15, -0.1) is 11.6 Å². The molecule has 0 saturated carbocycles. The van der Waals surface area contributed by atoms with E-state index in [9.17, 15) is 9.18 Å². The van der Waals surface area contributed by atoms with Crippen molar-refractivity contribution >= 4 is 17.6 Å². The normalized spacial score (nSPS) is 10.2. The van der Waals surface area contributed by atoms with Crippen LogP contribution in [0.15, 0.2) is 18.2 Å². The topological polar surface area (TPSA) is 26.3 Å². The number of alkyl halides is 1. The van der Waals surface area contributed by atoms with Crippen molar-refractivity contribution in [3.63, 3.8) is 0 Å². The van der Waals surface area contributed by atoms with Crippen molar-refractivity contribution in [2.24, 2.45) is 0 Å². The van der Waals surface area contributed by atoms with Gasteiger partial charge in [0.15, 0.2) is 0 Å². The lowest BCUT2D eigenvalue weighted by molar-refractivity contribution is 0.0519. The molecule has 0 aliphatic heterocycles. The van der Waals surface area contributed by atoms with Gasteiger partial charge in [-0.05, 0) is 31.4 Å². The molecule has 0 heterocycles. The smallest absolute Gasteiger partial charge is 0.341 e. The highest BCUT2D eigenvalue weighted by Gasteiger charge is 2.17. The van der Waals surface area contributed by atoms with Crippen LogP contribution < -0.4 is 0 Å². The van der Waals surface area contributed by atoms with Crippen LogP contribution in [0.4, 0.5) is 4.39 Å². The van der Waals surface area contributed by atoms with Crippen LogP contribution >= 0.6 is 11.6 Å². The Bertz CT molecular complexity index is 366. The molecule has 0 unspecified atom stereocenters. The Morgan fingerprint density at radius 2 is 2.25 bits per heavy atom.